The van der Waals surface area contributed by atoms with E-state index in [9.17, 15) is 9.90 Å². The summed E-state index contributed by atoms with van der Waals surface area (Å²) in [6, 6.07) is 4.11. The second-order valence-electron chi connectivity index (χ2n) is 6.74. The van der Waals surface area contributed by atoms with Crippen LogP contribution in [0.4, 0.5) is 4.79 Å². The molecule has 1 aromatic heterocycles. The average molecular weight is 325 g/mol. The summed E-state index contributed by atoms with van der Waals surface area (Å²) in [6.07, 6.45) is 1.08. The van der Waals surface area contributed by atoms with Crippen molar-refractivity contribution in [3.8, 4) is 0 Å². The van der Waals surface area contributed by atoms with Crippen LogP contribution in [0.3, 0.4) is 0 Å². The monoisotopic (exact) mass is 325 g/mol. The number of hydrogen-bond acceptors (Lipinski definition) is 4. The molecule has 0 aromatic carbocycles. The first-order chi connectivity index (χ1) is 10.7. The molecule has 0 bridgehead atoms. The summed E-state index contributed by atoms with van der Waals surface area (Å²) < 4.78 is 7.56. The number of amides is 1. The molecule has 2 N–H and O–H groups in total. The molecule has 0 radical (unpaired) electrons. The zero-order valence-corrected chi connectivity index (χ0v) is 15.0. The number of aliphatic hydroxyl groups is 1. The van der Waals surface area contributed by atoms with E-state index in [1.54, 1.807) is 11.8 Å². The van der Waals surface area contributed by atoms with E-state index in [1.807, 2.05) is 26.8 Å². The Morgan fingerprint density at radius 3 is 2.74 bits per heavy atom. The number of carbonyl (C=O) groups is 1. The molecule has 0 saturated heterocycles. The third kappa shape index (κ3) is 7.52. The van der Waals surface area contributed by atoms with E-state index in [-0.39, 0.29) is 6.54 Å². The lowest BCUT2D eigenvalue weighted by atomic mass is 10.2. The summed E-state index contributed by atoms with van der Waals surface area (Å²) in [6.45, 7) is 12.4. The quantitative estimate of drug-likeness (QED) is 0.719. The number of ether oxygens (including phenoxy) is 1. The fourth-order valence-electron chi connectivity index (χ4n) is 2.25. The van der Waals surface area contributed by atoms with E-state index in [4.69, 9.17) is 4.74 Å². The topological polar surface area (TPSA) is 66.7 Å². The Hall–Kier alpha value is -1.53. The molecule has 1 rings (SSSR count). The number of nitrogens with zero attached hydrogens (tertiary/aromatic N) is 2. The highest BCUT2D eigenvalue weighted by Gasteiger charge is 2.22. The molecule has 1 amide bonds. The van der Waals surface area contributed by atoms with Gasteiger partial charge in [-0.1, -0.05) is 0 Å². The predicted octanol–water partition coefficient (Wildman–Crippen LogP) is 2.22. The van der Waals surface area contributed by atoms with Crippen molar-refractivity contribution in [1.82, 2.24) is 14.8 Å². The van der Waals surface area contributed by atoms with E-state index < -0.39 is 17.8 Å². The van der Waals surface area contributed by atoms with Gasteiger partial charge in [-0.05, 0) is 46.8 Å². The predicted molar refractivity (Wildman–Crippen MR) is 91.3 cm³/mol. The SMILES string of the molecule is CCn1cccc1CNCCN(CC(C)O)C(=O)OC(C)(C)C. The zero-order chi connectivity index (χ0) is 17.5. The van der Waals surface area contributed by atoms with Gasteiger partial charge in [0.2, 0.25) is 0 Å². The van der Waals surface area contributed by atoms with Crippen molar-refractivity contribution in [3.05, 3.63) is 24.0 Å². The second-order valence-corrected chi connectivity index (χ2v) is 6.74. The number of rotatable bonds is 8. The van der Waals surface area contributed by atoms with Crippen LogP contribution in [0.2, 0.25) is 0 Å². The van der Waals surface area contributed by atoms with Gasteiger partial charge >= 0.3 is 6.09 Å². The minimum atomic E-state index is -0.583. The molecular weight excluding hydrogens is 294 g/mol. The van der Waals surface area contributed by atoms with Gasteiger partial charge in [0.25, 0.3) is 0 Å². The molecule has 0 spiro atoms. The van der Waals surface area contributed by atoms with E-state index >= 15 is 0 Å². The summed E-state index contributed by atoms with van der Waals surface area (Å²) in [5, 5.41) is 12.9. The number of hydrogen-bond donors (Lipinski definition) is 2. The highest BCUT2D eigenvalue weighted by atomic mass is 16.6. The van der Waals surface area contributed by atoms with Crippen LogP contribution in [0, 0.1) is 0 Å². The van der Waals surface area contributed by atoms with Crippen LogP contribution in [-0.2, 0) is 17.8 Å². The van der Waals surface area contributed by atoms with Crippen LogP contribution in [0.15, 0.2) is 18.3 Å². The Bertz CT molecular complexity index is 478. The van der Waals surface area contributed by atoms with Crippen LogP contribution in [0.5, 0.6) is 0 Å². The van der Waals surface area contributed by atoms with Crippen molar-refractivity contribution in [2.45, 2.75) is 59.4 Å². The third-order valence-corrected chi connectivity index (χ3v) is 3.27. The van der Waals surface area contributed by atoms with Gasteiger partial charge < -0.3 is 24.6 Å². The highest BCUT2D eigenvalue weighted by Crippen LogP contribution is 2.10. The number of aliphatic hydroxyl groups excluding tert-OH is 1. The van der Waals surface area contributed by atoms with Gasteiger partial charge in [-0.3, -0.25) is 0 Å². The van der Waals surface area contributed by atoms with Crippen LogP contribution < -0.4 is 5.32 Å². The third-order valence-electron chi connectivity index (χ3n) is 3.27. The molecule has 0 fully saturated rings. The lowest BCUT2D eigenvalue weighted by Crippen LogP contribution is -2.43. The van der Waals surface area contributed by atoms with Crippen LogP contribution in [-0.4, -0.2) is 52.0 Å². The lowest BCUT2D eigenvalue weighted by Gasteiger charge is -2.28. The summed E-state index contributed by atoms with van der Waals surface area (Å²) in [5.74, 6) is 0. The van der Waals surface area contributed by atoms with Crippen molar-refractivity contribution in [2.75, 3.05) is 19.6 Å². The van der Waals surface area contributed by atoms with Gasteiger partial charge in [-0.25, -0.2) is 4.79 Å². The lowest BCUT2D eigenvalue weighted by molar-refractivity contribution is 0.0164. The average Bonchev–Trinajstić information content (AvgIpc) is 2.87. The molecule has 0 aliphatic rings. The Labute approximate surface area is 139 Å². The molecule has 0 aliphatic heterocycles. The van der Waals surface area contributed by atoms with Crippen molar-refractivity contribution < 1.29 is 14.6 Å². The fourth-order valence-corrected chi connectivity index (χ4v) is 2.25. The van der Waals surface area contributed by atoms with Gasteiger partial charge in [-0.2, -0.15) is 0 Å². The maximum absolute atomic E-state index is 12.2. The van der Waals surface area contributed by atoms with Gasteiger partial charge in [0.05, 0.1) is 6.10 Å². The van der Waals surface area contributed by atoms with E-state index in [1.165, 1.54) is 5.69 Å². The second kappa shape index (κ2) is 8.93. The van der Waals surface area contributed by atoms with Crippen LogP contribution >= 0.6 is 0 Å². The molecule has 0 aliphatic carbocycles. The first kappa shape index (κ1) is 19.5. The van der Waals surface area contributed by atoms with Crippen molar-refractivity contribution in [1.29, 1.82) is 0 Å². The van der Waals surface area contributed by atoms with Crippen molar-refractivity contribution >= 4 is 6.09 Å². The minimum Gasteiger partial charge on any atom is -0.444 e. The maximum Gasteiger partial charge on any atom is 0.410 e. The van der Waals surface area contributed by atoms with Gasteiger partial charge in [0, 0.05) is 44.6 Å². The van der Waals surface area contributed by atoms with E-state index in [0.717, 1.165) is 13.1 Å². The summed E-state index contributed by atoms with van der Waals surface area (Å²) in [7, 11) is 0. The summed E-state index contributed by atoms with van der Waals surface area (Å²) in [5.41, 5.74) is 0.676. The molecule has 0 saturated carbocycles. The maximum atomic E-state index is 12.2. The summed E-state index contributed by atoms with van der Waals surface area (Å²) in [4.78, 5) is 13.7. The van der Waals surface area contributed by atoms with E-state index in [2.05, 4.69) is 29.1 Å². The minimum absolute atomic E-state index is 0.266. The highest BCUT2D eigenvalue weighted by molar-refractivity contribution is 5.68. The summed E-state index contributed by atoms with van der Waals surface area (Å²) >= 11 is 0. The molecule has 132 valence electrons. The van der Waals surface area contributed by atoms with Gasteiger partial charge in [-0.15, -0.1) is 0 Å². The number of carbonyl (C=O) groups excluding carboxylic acids is 1. The Kier molecular flexibility index (Phi) is 7.58. The molecule has 1 aromatic rings. The van der Waals surface area contributed by atoms with Crippen molar-refractivity contribution in [3.63, 3.8) is 0 Å². The van der Waals surface area contributed by atoms with Crippen LogP contribution in [0.25, 0.3) is 0 Å². The standard InChI is InChI=1S/C17H31N3O3/c1-6-19-10-7-8-15(19)12-18-9-11-20(13-14(2)21)16(22)23-17(3,4)5/h7-8,10,14,18,21H,6,9,11-13H2,1-5H3. The first-order valence-corrected chi connectivity index (χ1v) is 8.23. The van der Waals surface area contributed by atoms with Gasteiger partial charge in [0.1, 0.15) is 5.60 Å². The van der Waals surface area contributed by atoms with Gasteiger partial charge in [0.15, 0.2) is 0 Å². The largest absolute Gasteiger partial charge is 0.444 e. The van der Waals surface area contributed by atoms with Crippen molar-refractivity contribution in [2.24, 2.45) is 0 Å². The Balaban J connectivity index is 2.46. The molecule has 1 heterocycles. The first-order valence-electron chi connectivity index (χ1n) is 8.23. The smallest absolute Gasteiger partial charge is 0.410 e. The molecule has 1 atom stereocenters. The van der Waals surface area contributed by atoms with E-state index in [0.29, 0.717) is 13.1 Å². The fraction of sp³-hybridized carbons (Fsp3) is 0.706. The molecule has 6 nitrogen and oxygen atoms in total. The van der Waals surface area contributed by atoms with Crippen LogP contribution in [0.1, 0.15) is 40.3 Å². The molecule has 1 unspecified atom stereocenters. The molecular formula is C17H31N3O3. The molecule has 6 heteroatoms. The molecule has 23 heavy (non-hydrogen) atoms. The Morgan fingerprint density at radius 1 is 1.48 bits per heavy atom. The number of aromatic nitrogens is 1. The Morgan fingerprint density at radius 2 is 2.17 bits per heavy atom. The normalized spacial score (nSPS) is 13.0. The number of aryl methyl sites for hydroxylation is 1. The zero-order valence-electron chi connectivity index (χ0n) is 15.0. The number of nitrogens with one attached hydrogen (secondary N) is 1.